The van der Waals surface area contributed by atoms with E-state index < -0.39 is 16.9 Å². The molecule has 33 heavy (non-hydrogen) atoms. The maximum atomic E-state index is 13.6. The summed E-state index contributed by atoms with van der Waals surface area (Å²) in [6.45, 7) is 1.92. The summed E-state index contributed by atoms with van der Waals surface area (Å²) in [5.41, 5.74) is 0.453. The largest absolute Gasteiger partial charge is 0.505 e. The van der Waals surface area contributed by atoms with Gasteiger partial charge in [0.25, 0.3) is 5.56 Å². The van der Waals surface area contributed by atoms with Gasteiger partial charge in [-0.05, 0) is 48.4 Å². The first-order valence-corrected chi connectivity index (χ1v) is 10.9. The van der Waals surface area contributed by atoms with Crippen LogP contribution in [0.25, 0.3) is 22.0 Å². The van der Waals surface area contributed by atoms with E-state index in [-0.39, 0.29) is 28.2 Å². The SMILES string of the molecule is Cc1cnc2c(c1)c1oc(=O)c(Sc3ccccc3)c(O)c1c(=O)n2Cc1ccc(F)cc1. The van der Waals surface area contributed by atoms with Gasteiger partial charge in [0.2, 0.25) is 0 Å². The molecule has 0 aliphatic heterocycles. The van der Waals surface area contributed by atoms with Crippen molar-refractivity contribution >= 4 is 33.8 Å². The van der Waals surface area contributed by atoms with E-state index in [1.165, 1.54) is 16.7 Å². The molecule has 8 heteroatoms. The fourth-order valence-corrected chi connectivity index (χ4v) is 4.54. The van der Waals surface area contributed by atoms with Gasteiger partial charge >= 0.3 is 5.63 Å². The van der Waals surface area contributed by atoms with Crippen LogP contribution in [-0.4, -0.2) is 14.7 Å². The first kappa shape index (κ1) is 21.0. The van der Waals surface area contributed by atoms with Gasteiger partial charge in [-0.15, -0.1) is 0 Å². The Labute approximate surface area is 190 Å². The monoisotopic (exact) mass is 460 g/mol. The molecule has 5 aromatic rings. The van der Waals surface area contributed by atoms with E-state index in [0.717, 1.165) is 17.3 Å². The van der Waals surface area contributed by atoms with Crippen LogP contribution < -0.4 is 11.2 Å². The first-order valence-electron chi connectivity index (χ1n) is 10.1. The molecule has 6 nitrogen and oxygen atoms in total. The Kier molecular flexibility index (Phi) is 5.22. The summed E-state index contributed by atoms with van der Waals surface area (Å²) < 4.78 is 20.3. The van der Waals surface area contributed by atoms with Gasteiger partial charge < -0.3 is 9.52 Å². The van der Waals surface area contributed by atoms with Gasteiger partial charge in [0.05, 0.1) is 11.9 Å². The standard InChI is InChI=1S/C25H17FN2O4S/c1-14-11-18-21-19(20(29)22(25(31)32-21)33-17-5-3-2-4-6-17)24(30)28(23(18)27-12-14)13-15-7-9-16(26)10-8-15/h2-12,29H,13H2,1H3. The van der Waals surface area contributed by atoms with Crippen molar-refractivity contribution in [1.82, 2.24) is 9.55 Å². The average Bonchev–Trinajstić information content (AvgIpc) is 2.81. The van der Waals surface area contributed by atoms with Crippen LogP contribution in [0, 0.1) is 12.7 Å². The molecule has 0 aliphatic carbocycles. The minimum absolute atomic E-state index is 0.0125. The summed E-state index contributed by atoms with van der Waals surface area (Å²) in [6, 6.07) is 16.5. The second-order valence-corrected chi connectivity index (χ2v) is 8.67. The van der Waals surface area contributed by atoms with Gasteiger partial charge in [-0.2, -0.15) is 0 Å². The van der Waals surface area contributed by atoms with E-state index in [9.17, 15) is 19.1 Å². The Morgan fingerprint density at radius 3 is 2.55 bits per heavy atom. The molecular formula is C25H17FN2O4S. The molecule has 0 aliphatic rings. The number of benzene rings is 2. The van der Waals surface area contributed by atoms with Crippen LogP contribution in [0.4, 0.5) is 4.39 Å². The van der Waals surface area contributed by atoms with Gasteiger partial charge in [-0.1, -0.05) is 42.1 Å². The number of nitrogens with zero attached hydrogens (tertiary/aromatic N) is 2. The molecule has 0 radical (unpaired) electrons. The van der Waals surface area contributed by atoms with E-state index in [4.69, 9.17) is 4.42 Å². The Morgan fingerprint density at radius 2 is 1.82 bits per heavy atom. The molecule has 0 amide bonds. The molecule has 164 valence electrons. The van der Waals surface area contributed by atoms with Crippen LogP contribution >= 0.6 is 11.8 Å². The topological polar surface area (TPSA) is 85.3 Å². The number of hydrogen-bond acceptors (Lipinski definition) is 6. The lowest BCUT2D eigenvalue weighted by Gasteiger charge is -2.14. The second-order valence-electron chi connectivity index (χ2n) is 7.59. The molecule has 0 unspecified atom stereocenters. The van der Waals surface area contributed by atoms with Crippen molar-refractivity contribution in [2.45, 2.75) is 23.3 Å². The number of pyridine rings is 2. The number of fused-ring (bicyclic) bond motifs is 3. The van der Waals surface area contributed by atoms with Crippen LogP contribution in [0.1, 0.15) is 11.1 Å². The number of halogens is 1. The summed E-state index contributed by atoms with van der Waals surface area (Å²) in [7, 11) is 0. The third-order valence-electron chi connectivity index (χ3n) is 5.24. The van der Waals surface area contributed by atoms with Crippen LogP contribution in [0.2, 0.25) is 0 Å². The van der Waals surface area contributed by atoms with Crippen LogP contribution in [0.15, 0.2) is 90.7 Å². The molecule has 2 aromatic carbocycles. The predicted octanol–water partition coefficient (Wildman–Crippen LogP) is 4.86. The van der Waals surface area contributed by atoms with Gasteiger partial charge in [0.1, 0.15) is 21.7 Å². The molecule has 0 atom stereocenters. The van der Waals surface area contributed by atoms with Crippen LogP contribution in [-0.2, 0) is 6.54 Å². The molecule has 0 bridgehead atoms. The van der Waals surface area contributed by atoms with E-state index in [0.29, 0.717) is 21.5 Å². The molecule has 0 saturated carbocycles. The molecule has 3 heterocycles. The molecule has 0 saturated heterocycles. The van der Waals surface area contributed by atoms with Crippen molar-refractivity contribution in [2.75, 3.05) is 0 Å². The Bertz CT molecular complexity index is 1630. The lowest BCUT2D eigenvalue weighted by Crippen LogP contribution is -2.23. The number of aromatic nitrogens is 2. The lowest BCUT2D eigenvalue weighted by molar-refractivity contribution is 0.446. The Hall–Kier alpha value is -3.91. The number of hydrogen-bond donors (Lipinski definition) is 1. The molecule has 5 rings (SSSR count). The predicted molar refractivity (Wildman–Crippen MR) is 125 cm³/mol. The van der Waals surface area contributed by atoms with E-state index in [1.54, 1.807) is 48.7 Å². The van der Waals surface area contributed by atoms with Crippen LogP contribution in [0.5, 0.6) is 5.75 Å². The zero-order valence-electron chi connectivity index (χ0n) is 17.4. The van der Waals surface area contributed by atoms with E-state index in [2.05, 4.69) is 4.98 Å². The summed E-state index contributed by atoms with van der Waals surface area (Å²) in [5, 5.41) is 11.4. The lowest BCUT2D eigenvalue weighted by atomic mass is 10.1. The quantitative estimate of drug-likeness (QED) is 0.386. The van der Waals surface area contributed by atoms with Crippen molar-refractivity contribution in [1.29, 1.82) is 0 Å². The Balaban J connectivity index is 1.81. The van der Waals surface area contributed by atoms with Crippen LogP contribution in [0.3, 0.4) is 0 Å². The van der Waals surface area contributed by atoms with Crippen molar-refractivity contribution in [3.63, 3.8) is 0 Å². The van der Waals surface area contributed by atoms with Crippen molar-refractivity contribution in [3.05, 3.63) is 105 Å². The smallest absolute Gasteiger partial charge is 0.354 e. The molecule has 3 aromatic heterocycles. The first-order chi connectivity index (χ1) is 15.9. The molecular weight excluding hydrogens is 443 g/mol. The molecule has 0 spiro atoms. The number of rotatable bonds is 4. The normalized spacial score (nSPS) is 11.3. The highest BCUT2D eigenvalue weighted by Gasteiger charge is 2.23. The van der Waals surface area contributed by atoms with Gasteiger partial charge in [-0.25, -0.2) is 14.2 Å². The second kappa shape index (κ2) is 8.22. The summed E-state index contributed by atoms with van der Waals surface area (Å²) in [4.78, 5) is 31.4. The minimum Gasteiger partial charge on any atom is -0.505 e. The fourth-order valence-electron chi connectivity index (χ4n) is 3.69. The maximum Gasteiger partial charge on any atom is 0.354 e. The average molecular weight is 460 g/mol. The zero-order chi connectivity index (χ0) is 23.1. The highest BCUT2D eigenvalue weighted by molar-refractivity contribution is 7.99. The number of aryl methyl sites for hydroxylation is 1. The molecule has 0 fully saturated rings. The van der Waals surface area contributed by atoms with E-state index >= 15 is 0 Å². The minimum atomic E-state index is -0.743. The summed E-state index contributed by atoms with van der Waals surface area (Å²) in [5.74, 6) is -0.818. The Morgan fingerprint density at radius 1 is 1.09 bits per heavy atom. The van der Waals surface area contributed by atoms with Crippen molar-refractivity contribution in [3.8, 4) is 5.75 Å². The third-order valence-corrected chi connectivity index (χ3v) is 6.31. The summed E-state index contributed by atoms with van der Waals surface area (Å²) >= 11 is 1.02. The molecule has 1 N–H and O–H groups in total. The van der Waals surface area contributed by atoms with Crippen molar-refractivity contribution in [2.24, 2.45) is 0 Å². The highest BCUT2D eigenvalue weighted by atomic mass is 32.2. The highest BCUT2D eigenvalue weighted by Crippen LogP contribution is 2.37. The maximum absolute atomic E-state index is 13.6. The summed E-state index contributed by atoms with van der Waals surface area (Å²) in [6.07, 6.45) is 1.60. The fraction of sp³-hybridized carbons (Fsp3) is 0.0800. The van der Waals surface area contributed by atoms with Gasteiger partial charge in [-0.3, -0.25) is 9.36 Å². The van der Waals surface area contributed by atoms with Gasteiger partial charge in [0.15, 0.2) is 11.3 Å². The van der Waals surface area contributed by atoms with Crippen molar-refractivity contribution < 1.29 is 13.9 Å². The zero-order valence-corrected chi connectivity index (χ0v) is 18.2. The third kappa shape index (κ3) is 3.78. The van der Waals surface area contributed by atoms with E-state index in [1.807, 2.05) is 13.0 Å². The van der Waals surface area contributed by atoms with Gasteiger partial charge in [0, 0.05) is 11.1 Å². The number of aromatic hydroxyl groups is 1.